The summed E-state index contributed by atoms with van der Waals surface area (Å²) in [4.78, 5) is 23.8. The fourth-order valence-electron chi connectivity index (χ4n) is 1.50. The summed E-state index contributed by atoms with van der Waals surface area (Å²) in [5.74, 6) is -0.964. The first kappa shape index (κ1) is 11.8. The molecule has 1 fully saturated rings. The molecule has 0 aromatic rings. The lowest BCUT2D eigenvalue weighted by Crippen LogP contribution is -2.59. The molecule has 1 unspecified atom stereocenters. The first-order chi connectivity index (χ1) is 7.16. The van der Waals surface area contributed by atoms with Gasteiger partial charge in [-0.25, -0.2) is 9.59 Å². The van der Waals surface area contributed by atoms with E-state index >= 15 is 0 Å². The van der Waals surface area contributed by atoms with Crippen molar-refractivity contribution in [2.45, 2.75) is 19.4 Å². The minimum atomic E-state index is -0.964. The van der Waals surface area contributed by atoms with Gasteiger partial charge in [-0.3, -0.25) is 0 Å². The summed E-state index contributed by atoms with van der Waals surface area (Å²) >= 11 is 0. The van der Waals surface area contributed by atoms with E-state index in [1.165, 1.54) is 4.90 Å². The molecule has 0 saturated carbocycles. The summed E-state index contributed by atoms with van der Waals surface area (Å²) in [5.41, 5.74) is 0. The predicted octanol–water partition coefficient (Wildman–Crippen LogP) is -0.536. The summed E-state index contributed by atoms with van der Waals surface area (Å²) in [6.45, 7) is 3.92. The van der Waals surface area contributed by atoms with Crippen molar-refractivity contribution in [3.8, 4) is 0 Å². The molecule has 0 spiro atoms. The molecule has 0 bridgehead atoms. The Kier molecular flexibility index (Phi) is 4.36. The number of piperazine rings is 1. The Balaban J connectivity index is 2.55. The quantitative estimate of drug-likeness (QED) is 0.591. The molecule has 86 valence electrons. The van der Waals surface area contributed by atoms with Gasteiger partial charge in [0.25, 0.3) is 0 Å². The number of amides is 2. The van der Waals surface area contributed by atoms with Crippen LogP contribution in [0.25, 0.3) is 0 Å². The molecular formula is C9H17N3O3. The zero-order chi connectivity index (χ0) is 11.3. The molecule has 0 aliphatic carbocycles. The van der Waals surface area contributed by atoms with Gasteiger partial charge < -0.3 is 20.6 Å². The zero-order valence-electron chi connectivity index (χ0n) is 8.82. The molecule has 1 aliphatic heterocycles. The van der Waals surface area contributed by atoms with Crippen molar-refractivity contribution >= 4 is 12.0 Å². The van der Waals surface area contributed by atoms with Gasteiger partial charge in [0.2, 0.25) is 0 Å². The molecular weight excluding hydrogens is 198 g/mol. The van der Waals surface area contributed by atoms with Crippen LogP contribution in [0.5, 0.6) is 0 Å². The Bertz CT molecular complexity index is 245. The summed E-state index contributed by atoms with van der Waals surface area (Å²) in [6, 6.07) is -1.04. The number of hydrogen-bond donors (Lipinski definition) is 3. The molecule has 6 heteroatoms. The van der Waals surface area contributed by atoms with Gasteiger partial charge in [0, 0.05) is 26.2 Å². The van der Waals surface area contributed by atoms with Crippen molar-refractivity contribution < 1.29 is 14.7 Å². The maximum Gasteiger partial charge on any atom is 0.327 e. The van der Waals surface area contributed by atoms with Crippen LogP contribution in [0.3, 0.4) is 0 Å². The summed E-state index contributed by atoms with van der Waals surface area (Å²) in [5, 5.41) is 14.6. The second-order valence-corrected chi connectivity index (χ2v) is 3.48. The van der Waals surface area contributed by atoms with Crippen LogP contribution in [-0.4, -0.2) is 54.2 Å². The van der Waals surface area contributed by atoms with E-state index in [0.717, 1.165) is 6.42 Å². The van der Waals surface area contributed by atoms with Crippen molar-refractivity contribution in [1.29, 1.82) is 0 Å². The number of nitrogens with one attached hydrogen (secondary N) is 2. The average Bonchev–Trinajstić information content (AvgIpc) is 2.25. The Morgan fingerprint density at radius 2 is 2.33 bits per heavy atom. The van der Waals surface area contributed by atoms with Gasteiger partial charge in [-0.2, -0.15) is 0 Å². The van der Waals surface area contributed by atoms with E-state index in [1.54, 1.807) is 0 Å². The van der Waals surface area contributed by atoms with E-state index in [2.05, 4.69) is 10.6 Å². The van der Waals surface area contributed by atoms with Crippen LogP contribution < -0.4 is 10.6 Å². The number of carbonyl (C=O) groups is 2. The number of urea groups is 1. The maximum atomic E-state index is 11.6. The number of nitrogens with zero attached hydrogens (tertiary/aromatic N) is 1. The zero-order valence-corrected chi connectivity index (χ0v) is 8.82. The first-order valence-electron chi connectivity index (χ1n) is 5.14. The Morgan fingerprint density at radius 1 is 1.60 bits per heavy atom. The highest BCUT2D eigenvalue weighted by Gasteiger charge is 2.31. The molecule has 1 rings (SSSR count). The van der Waals surface area contributed by atoms with Gasteiger partial charge in [-0.1, -0.05) is 6.92 Å². The monoisotopic (exact) mass is 215 g/mol. The molecule has 2 amide bonds. The van der Waals surface area contributed by atoms with Crippen LogP contribution in [0.1, 0.15) is 13.3 Å². The highest BCUT2D eigenvalue weighted by atomic mass is 16.4. The number of carboxylic acid groups (broad SMARTS) is 1. The lowest BCUT2D eigenvalue weighted by Gasteiger charge is -2.33. The minimum Gasteiger partial charge on any atom is -0.480 e. The van der Waals surface area contributed by atoms with Crippen molar-refractivity contribution in [3.63, 3.8) is 0 Å². The molecule has 1 heterocycles. The van der Waals surface area contributed by atoms with Crippen LogP contribution in [0.2, 0.25) is 0 Å². The molecule has 3 N–H and O–H groups in total. The van der Waals surface area contributed by atoms with Gasteiger partial charge in [0.15, 0.2) is 0 Å². The van der Waals surface area contributed by atoms with Crippen molar-refractivity contribution in [2.24, 2.45) is 0 Å². The van der Waals surface area contributed by atoms with E-state index in [9.17, 15) is 9.59 Å². The maximum absolute atomic E-state index is 11.6. The minimum absolute atomic E-state index is 0.286. The van der Waals surface area contributed by atoms with Gasteiger partial charge in [0.05, 0.1) is 0 Å². The van der Waals surface area contributed by atoms with Gasteiger partial charge in [-0.15, -0.1) is 0 Å². The van der Waals surface area contributed by atoms with Crippen molar-refractivity contribution in [1.82, 2.24) is 15.5 Å². The SMILES string of the molecule is CCCNC(=O)N1CCNCC1C(=O)O. The highest BCUT2D eigenvalue weighted by molar-refractivity contribution is 5.83. The first-order valence-corrected chi connectivity index (χ1v) is 5.14. The summed E-state index contributed by atoms with van der Waals surface area (Å²) in [7, 11) is 0. The Morgan fingerprint density at radius 3 is 2.93 bits per heavy atom. The third-order valence-electron chi connectivity index (χ3n) is 2.32. The fraction of sp³-hybridized carbons (Fsp3) is 0.778. The standard InChI is InChI=1S/C9H17N3O3/c1-2-3-11-9(15)12-5-4-10-6-7(12)8(13)14/h7,10H,2-6H2,1H3,(H,11,15)(H,13,14). The number of carbonyl (C=O) groups excluding carboxylic acids is 1. The van der Waals surface area contributed by atoms with Gasteiger partial charge in [0.1, 0.15) is 6.04 Å². The Hall–Kier alpha value is -1.30. The number of hydrogen-bond acceptors (Lipinski definition) is 3. The van der Waals surface area contributed by atoms with Crippen LogP contribution >= 0.6 is 0 Å². The van der Waals surface area contributed by atoms with E-state index in [-0.39, 0.29) is 6.03 Å². The van der Waals surface area contributed by atoms with Crippen LogP contribution in [0.15, 0.2) is 0 Å². The number of aliphatic carboxylic acids is 1. The second-order valence-electron chi connectivity index (χ2n) is 3.48. The lowest BCUT2D eigenvalue weighted by molar-refractivity contribution is -0.142. The van der Waals surface area contributed by atoms with Crippen LogP contribution in [0, 0.1) is 0 Å². The topological polar surface area (TPSA) is 81.7 Å². The van der Waals surface area contributed by atoms with E-state index < -0.39 is 12.0 Å². The largest absolute Gasteiger partial charge is 0.480 e. The van der Waals surface area contributed by atoms with Crippen molar-refractivity contribution in [2.75, 3.05) is 26.2 Å². The third-order valence-corrected chi connectivity index (χ3v) is 2.32. The number of carboxylic acids is 1. The summed E-state index contributed by atoms with van der Waals surface area (Å²) < 4.78 is 0. The molecule has 1 atom stereocenters. The highest BCUT2D eigenvalue weighted by Crippen LogP contribution is 2.03. The van der Waals surface area contributed by atoms with E-state index in [0.29, 0.717) is 26.2 Å². The van der Waals surface area contributed by atoms with Gasteiger partial charge >= 0.3 is 12.0 Å². The molecule has 0 aromatic carbocycles. The molecule has 6 nitrogen and oxygen atoms in total. The molecule has 0 aromatic heterocycles. The normalized spacial score (nSPS) is 21.1. The van der Waals surface area contributed by atoms with Crippen molar-refractivity contribution in [3.05, 3.63) is 0 Å². The second kappa shape index (κ2) is 5.55. The smallest absolute Gasteiger partial charge is 0.327 e. The van der Waals surface area contributed by atoms with Crippen LogP contribution in [0.4, 0.5) is 4.79 Å². The molecule has 1 aliphatic rings. The number of rotatable bonds is 3. The van der Waals surface area contributed by atoms with E-state index in [1.807, 2.05) is 6.92 Å². The molecule has 1 saturated heterocycles. The lowest BCUT2D eigenvalue weighted by atomic mass is 10.2. The molecule has 0 radical (unpaired) electrons. The third kappa shape index (κ3) is 3.09. The van der Waals surface area contributed by atoms with Gasteiger partial charge in [-0.05, 0) is 6.42 Å². The van der Waals surface area contributed by atoms with Crippen LogP contribution in [-0.2, 0) is 4.79 Å². The fourth-order valence-corrected chi connectivity index (χ4v) is 1.50. The van der Waals surface area contributed by atoms with E-state index in [4.69, 9.17) is 5.11 Å². The summed E-state index contributed by atoms with van der Waals surface area (Å²) in [6.07, 6.45) is 0.843. The predicted molar refractivity (Wildman–Crippen MR) is 54.7 cm³/mol. The average molecular weight is 215 g/mol. The molecule has 15 heavy (non-hydrogen) atoms. The Labute approximate surface area is 88.6 Å².